The van der Waals surface area contributed by atoms with Crippen LogP contribution in [0.5, 0.6) is 0 Å². The monoisotopic (exact) mass is 417 g/mol. The van der Waals surface area contributed by atoms with Gasteiger partial charge in [0.1, 0.15) is 0 Å². The van der Waals surface area contributed by atoms with E-state index in [0.717, 1.165) is 29.1 Å². The lowest BCUT2D eigenvalue weighted by Crippen LogP contribution is -2.37. The molecule has 7 heteroatoms. The Hall–Kier alpha value is -2.38. The molecular formula is C22H31N3O3S. The Balaban J connectivity index is 1.76. The number of nitrogens with zero attached hydrogens (tertiary/aromatic N) is 1. The van der Waals surface area contributed by atoms with Gasteiger partial charge in [0.2, 0.25) is 0 Å². The van der Waals surface area contributed by atoms with Crippen molar-refractivity contribution in [3.63, 3.8) is 0 Å². The second kappa shape index (κ2) is 11.0. The molecule has 0 heterocycles. The summed E-state index contributed by atoms with van der Waals surface area (Å²) >= 11 is 0. The maximum atomic E-state index is 11.5. The van der Waals surface area contributed by atoms with Gasteiger partial charge < -0.3 is 15.4 Å². The van der Waals surface area contributed by atoms with Crippen LogP contribution < -0.4 is 10.6 Å². The van der Waals surface area contributed by atoms with E-state index < -0.39 is 9.84 Å². The number of aliphatic imine (C=N–C) groups is 1. The fraction of sp³-hybridized carbons (Fsp3) is 0.409. The molecule has 0 fully saturated rings. The largest absolute Gasteiger partial charge is 0.374 e. The van der Waals surface area contributed by atoms with E-state index in [9.17, 15) is 8.42 Å². The summed E-state index contributed by atoms with van der Waals surface area (Å²) in [6.45, 7) is 6.06. The van der Waals surface area contributed by atoms with Crippen molar-refractivity contribution in [3.8, 4) is 0 Å². The Bertz CT molecular complexity index is 890. The van der Waals surface area contributed by atoms with Gasteiger partial charge in [-0.1, -0.05) is 36.4 Å². The van der Waals surface area contributed by atoms with E-state index in [1.807, 2.05) is 26.0 Å². The number of sulfone groups is 1. The van der Waals surface area contributed by atoms with Crippen molar-refractivity contribution >= 4 is 15.8 Å². The molecule has 0 radical (unpaired) electrons. The number of rotatable bonds is 9. The Morgan fingerprint density at radius 3 is 2.10 bits per heavy atom. The maximum Gasteiger partial charge on any atom is 0.191 e. The third-order valence-corrected chi connectivity index (χ3v) is 5.48. The normalized spacial score (nSPS) is 12.2. The third-order valence-electron chi connectivity index (χ3n) is 4.35. The minimum atomic E-state index is -3.15. The van der Waals surface area contributed by atoms with E-state index >= 15 is 0 Å². The lowest BCUT2D eigenvalue weighted by atomic mass is 10.1. The molecule has 0 saturated heterocycles. The molecular weight excluding hydrogens is 386 g/mol. The molecule has 0 spiro atoms. The van der Waals surface area contributed by atoms with E-state index in [4.69, 9.17) is 4.74 Å². The summed E-state index contributed by atoms with van der Waals surface area (Å²) in [5.41, 5.74) is 3.39. The van der Waals surface area contributed by atoms with Crippen LogP contribution in [0.4, 0.5) is 0 Å². The van der Waals surface area contributed by atoms with E-state index in [1.165, 1.54) is 6.26 Å². The predicted octanol–water partition coefficient (Wildman–Crippen LogP) is 2.92. The van der Waals surface area contributed by atoms with Gasteiger partial charge in [-0.05, 0) is 49.1 Å². The van der Waals surface area contributed by atoms with Gasteiger partial charge in [-0.15, -0.1) is 0 Å². The van der Waals surface area contributed by atoms with Gasteiger partial charge in [-0.3, -0.25) is 4.99 Å². The summed E-state index contributed by atoms with van der Waals surface area (Å²) in [4.78, 5) is 4.58. The zero-order valence-electron chi connectivity index (χ0n) is 17.6. The van der Waals surface area contributed by atoms with Gasteiger partial charge in [0.05, 0.1) is 17.6 Å². The minimum absolute atomic E-state index is 0.225. The highest BCUT2D eigenvalue weighted by atomic mass is 32.2. The summed E-state index contributed by atoms with van der Waals surface area (Å²) in [5.74, 6) is 0.727. The molecule has 0 aliphatic rings. The summed E-state index contributed by atoms with van der Waals surface area (Å²) in [5, 5.41) is 6.58. The average Bonchev–Trinajstić information content (AvgIpc) is 2.69. The van der Waals surface area contributed by atoms with Crippen LogP contribution in [0.2, 0.25) is 0 Å². The molecule has 0 saturated carbocycles. The van der Waals surface area contributed by atoms with Crippen molar-refractivity contribution < 1.29 is 13.2 Å². The molecule has 2 rings (SSSR count). The van der Waals surface area contributed by atoms with Crippen LogP contribution in [0.3, 0.4) is 0 Å². The third kappa shape index (κ3) is 8.25. The first kappa shape index (κ1) is 22.9. The molecule has 0 bridgehead atoms. The molecule has 0 atom stereocenters. The number of nitrogens with one attached hydrogen (secondary N) is 2. The number of hydrogen-bond acceptors (Lipinski definition) is 4. The SMILES string of the molecule is CN=C(NCCc1ccc(S(C)(=O)=O)cc1)NCc1ccc(COC(C)C)cc1. The van der Waals surface area contributed by atoms with Crippen molar-refractivity contribution in [1.82, 2.24) is 10.6 Å². The molecule has 2 aromatic carbocycles. The summed E-state index contributed by atoms with van der Waals surface area (Å²) in [7, 11) is -1.41. The van der Waals surface area contributed by atoms with Crippen LogP contribution in [0.1, 0.15) is 30.5 Å². The van der Waals surface area contributed by atoms with Crippen molar-refractivity contribution in [2.45, 2.75) is 44.4 Å². The number of benzene rings is 2. The Morgan fingerprint density at radius 1 is 0.966 bits per heavy atom. The van der Waals surface area contributed by atoms with Gasteiger partial charge in [0.25, 0.3) is 0 Å². The van der Waals surface area contributed by atoms with Crippen LogP contribution >= 0.6 is 0 Å². The molecule has 0 unspecified atom stereocenters. The topological polar surface area (TPSA) is 79.8 Å². The molecule has 2 N–H and O–H groups in total. The van der Waals surface area contributed by atoms with Crippen LogP contribution in [0.15, 0.2) is 58.4 Å². The van der Waals surface area contributed by atoms with Gasteiger partial charge in [0, 0.05) is 26.4 Å². The van der Waals surface area contributed by atoms with Crippen LogP contribution in [0, 0.1) is 0 Å². The van der Waals surface area contributed by atoms with Crippen molar-refractivity contribution in [2.75, 3.05) is 19.8 Å². The van der Waals surface area contributed by atoms with Crippen molar-refractivity contribution in [3.05, 3.63) is 65.2 Å². The second-order valence-corrected chi connectivity index (χ2v) is 9.21. The number of hydrogen-bond donors (Lipinski definition) is 2. The maximum absolute atomic E-state index is 11.5. The van der Waals surface area contributed by atoms with Gasteiger partial charge in [-0.2, -0.15) is 0 Å². The quantitative estimate of drug-likeness (QED) is 0.484. The highest BCUT2D eigenvalue weighted by molar-refractivity contribution is 7.90. The van der Waals surface area contributed by atoms with E-state index in [0.29, 0.717) is 24.6 Å². The molecule has 0 aliphatic heterocycles. The molecule has 0 amide bonds. The second-order valence-electron chi connectivity index (χ2n) is 7.19. The van der Waals surface area contributed by atoms with E-state index in [2.05, 4.69) is 39.9 Å². The molecule has 29 heavy (non-hydrogen) atoms. The first-order chi connectivity index (χ1) is 13.8. The van der Waals surface area contributed by atoms with Gasteiger partial charge in [0.15, 0.2) is 15.8 Å². The Kier molecular flexibility index (Phi) is 8.67. The van der Waals surface area contributed by atoms with Gasteiger partial charge in [-0.25, -0.2) is 8.42 Å². The lowest BCUT2D eigenvalue weighted by Gasteiger charge is -2.13. The Morgan fingerprint density at radius 2 is 1.55 bits per heavy atom. The van der Waals surface area contributed by atoms with Gasteiger partial charge >= 0.3 is 0 Å². The van der Waals surface area contributed by atoms with Crippen LogP contribution in [-0.4, -0.2) is 40.3 Å². The van der Waals surface area contributed by atoms with E-state index in [-0.39, 0.29) is 6.10 Å². The highest BCUT2D eigenvalue weighted by Crippen LogP contribution is 2.10. The zero-order valence-corrected chi connectivity index (χ0v) is 18.4. The van der Waals surface area contributed by atoms with Crippen molar-refractivity contribution in [1.29, 1.82) is 0 Å². The standard InChI is InChI=1S/C22H31N3O3S/c1-17(2)28-16-20-7-5-19(6-8-20)15-25-22(23-3)24-14-13-18-9-11-21(12-10-18)29(4,26)27/h5-12,17H,13-16H2,1-4H3,(H2,23,24,25). The minimum Gasteiger partial charge on any atom is -0.374 e. The van der Waals surface area contributed by atoms with Crippen molar-refractivity contribution in [2.24, 2.45) is 4.99 Å². The average molecular weight is 418 g/mol. The smallest absolute Gasteiger partial charge is 0.191 e. The van der Waals surface area contributed by atoms with Crippen LogP contribution in [-0.2, 0) is 34.1 Å². The molecule has 2 aromatic rings. The number of ether oxygens (including phenoxy) is 1. The summed E-state index contributed by atoms with van der Waals surface area (Å²) in [6, 6.07) is 15.3. The molecule has 0 aromatic heterocycles. The fourth-order valence-electron chi connectivity index (χ4n) is 2.65. The summed E-state index contributed by atoms with van der Waals surface area (Å²) in [6.07, 6.45) is 2.21. The summed E-state index contributed by atoms with van der Waals surface area (Å²) < 4.78 is 28.6. The lowest BCUT2D eigenvalue weighted by molar-refractivity contribution is 0.0657. The number of guanidine groups is 1. The molecule has 158 valence electrons. The molecule has 0 aliphatic carbocycles. The first-order valence-electron chi connectivity index (χ1n) is 9.71. The van der Waals surface area contributed by atoms with E-state index in [1.54, 1.807) is 19.2 Å². The van der Waals surface area contributed by atoms with Crippen LogP contribution in [0.25, 0.3) is 0 Å². The Labute approximate surface area is 174 Å². The fourth-order valence-corrected chi connectivity index (χ4v) is 3.28. The first-order valence-corrected chi connectivity index (χ1v) is 11.6. The molecule has 6 nitrogen and oxygen atoms in total. The highest BCUT2D eigenvalue weighted by Gasteiger charge is 2.06. The predicted molar refractivity (Wildman–Crippen MR) is 118 cm³/mol. The zero-order chi connectivity index (χ0) is 21.3.